The van der Waals surface area contributed by atoms with Crippen molar-refractivity contribution in [3.63, 3.8) is 0 Å². The van der Waals surface area contributed by atoms with Crippen LogP contribution in [0, 0.1) is 0 Å². The second-order valence-electron chi connectivity index (χ2n) is 5.54. The summed E-state index contributed by atoms with van der Waals surface area (Å²) in [5, 5.41) is 0. The van der Waals surface area contributed by atoms with E-state index in [9.17, 15) is 0 Å². The molecule has 2 rings (SSSR count). The molecule has 21 heavy (non-hydrogen) atoms. The van der Waals surface area contributed by atoms with Crippen molar-refractivity contribution in [2.75, 3.05) is 0 Å². The first kappa shape index (κ1) is 18.5. The molecule has 0 aromatic heterocycles. The van der Waals surface area contributed by atoms with Crippen molar-refractivity contribution in [2.24, 2.45) is 0 Å². The van der Waals surface area contributed by atoms with E-state index in [0.717, 1.165) is 0 Å². The minimum absolute atomic E-state index is 0. The molecule has 1 heteroatoms. The van der Waals surface area contributed by atoms with Crippen molar-refractivity contribution in [1.82, 2.24) is 0 Å². The standard InChI is InChI=1S/C20H26.Na.H/c1-2-3-4-5-6-8-13-19-16-11-12-17-20(19)18-14-9-7-10-15-18;;/h7,9-12,14-17H,2-6,8,13H2,1H3;;/q;+1;-1. The summed E-state index contributed by atoms with van der Waals surface area (Å²) >= 11 is 0. The fourth-order valence-corrected chi connectivity index (χ4v) is 2.73. The molecule has 0 heterocycles. The first-order valence-corrected chi connectivity index (χ1v) is 8.05. The molecule has 2 aromatic carbocycles. The Hall–Kier alpha value is -0.560. The van der Waals surface area contributed by atoms with Crippen molar-refractivity contribution in [2.45, 2.75) is 51.9 Å². The van der Waals surface area contributed by atoms with Crippen LogP contribution in [-0.2, 0) is 6.42 Å². The van der Waals surface area contributed by atoms with Crippen molar-refractivity contribution in [3.8, 4) is 11.1 Å². The fourth-order valence-electron chi connectivity index (χ4n) is 2.73. The molecular weight excluding hydrogens is 263 g/mol. The van der Waals surface area contributed by atoms with Gasteiger partial charge < -0.3 is 1.43 Å². The maximum Gasteiger partial charge on any atom is 1.00 e. The summed E-state index contributed by atoms with van der Waals surface area (Å²) in [5.41, 5.74) is 4.24. The minimum atomic E-state index is 0. The van der Waals surface area contributed by atoms with Gasteiger partial charge in [0.15, 0.2) is 0 Å². The van der Waals surface area contributed by atoms with Crippen LogP contribution in [-0.4, -0.2) is 0 Å². The molecule has 0 amide bonds. The number of unbranched alkanes of at least 4 members (excludes halogenated alkanes) is 5. The van der Waals surface area contributed by atoms with E-state index in [1.54, 1.807) is 0 Å². The van der Waals surface area contributed by atoms with Crippen LogP contribution in [0.25, 0.3) is 11.1 Å². The van der Waals surface area contributed by atoms with Crippen LogP contribution in [0.1, 0.15) is 52.4 Å². The summed E-state index contributed by atoms with van der Waals surface area (Å²) in [6.07, 6.45) is 9.39. The number of hydrogen-bond acceptors (Lipinski definition) is 0. The summed E-state index contributed by atoms with van der Waals surface area (Å²) in [6, 6.07) is 19.6. The van der Waals surface area contributed by atoms with E-state index in [1.165, 1.54) is 61.6 Å². The molecule has 0 aliphatic rings. The van der Waals surface area contributed by atoms with Gasteiger partial charge in [-0.2, -0.15) is 0 Å². The summed E-state index contributed by atoms with van der Waals surface area (Å²) in [5.74, 6) is 0. The summed E-state index contributed by atoms with van der Waals surface area (Å²) < 4.78 is 0. The second kappa shape index (κ2) is 11.1. The van der Waals surface area contributed by atoms with Crippen LogP contribution in [0.2, 0.25) is 0 Å². The third-order valence-corrected chi connectivity index (χ3v) is 3.90. The van der Waals surface area contributed by atoms with E-state index in [0.29, 0.717) is 0 Å². The van der Waals surface area contributed by atoms with Gasteiger partial charge in [-0.05, 0) is 29.5 Å². The third-order valence-electron chi connectivity index (χ3n) is 3.90. The first-order chi connectivity index (χ1) is 9.92. The van der Waals surface area contributed by atoms with Crippen LogP contribution < -0.4 is 29.6 Å². The molecule has 0 unspecified atom stereocenters. The van der Waals surface area contributed by atoms with Crippen molar-refractivity contribution >= 4 is 0 Å². The fraction of sp³-hybridized carbons (Fsp3) is 0.400. The van der Waals surface area contributed by atoms with Gasteiger partial charge in [0.25, 0.3) is 0 Å². The van der Waals surface area contributed by atoms with Gasteiger partial charge >= 0.3 is 29.6 Å². The Bertz CT molecular complexity index is 496. The van der Waals surface area contributed by atoms with E-state index in [4.69, 9.17) is 0 Å². The molecule has 0 saturated heterocycles. The van der Waals surface area contributed by atoms with Gasteiger partial charge in [-0.25, -0.2) is 0 Å². The summed E-state index contributed by atoms with van der Waals surface area (Å²) in [4.78, 5) is 0. The Balaban J connectivity index is 0.00000220. The summed E-state index contributed by atoms with van der Waals surface area (Å²) in [6.45, 7) is 2.27. The Morgan fingerprint density at radius 3 is 2.10 bits per heavy atom. The molecule has 0 saturated carbocycles. The predicted molar refractivity (Wildman–Crippen MR) is 90.1 cm³/mol. The smallest absolute Gasteiger partial charge is 1.00 e. The second-order valence-corrected chi connectivity index (χ2v) is 5.54. The van der Waals surface area contributed by atoms with Gasteiger partial charge in [0.05, 0.1) is 0 Å². The van der Waals surface area contributed by atoms with Crippen LogP contribution >= 0.6 is 0 Å². The molecule has 0 aliphatic heterocycles. The number of hydrogen-bond donors (Lipinski definition) is 0. The van der Waals surface area contributed by atoms with Crippen LogP contribution in [0.5, 0.6) is 0 Å². The molecule has 2 aromatic rings. The zero-order chi connectivity index (χ0) is 14.0. The van der Waals surface area contributed by atoms with E-state index < -0.39 is 0 Å². The van der Waals surface area contributed by atoms with Crippen LogP contribution in [0.15, 0.2) is 54.6 Å². The van der Waals surface area contributed by atoms with Crippen LogP contribution in [0.4, 0.5) is 0 Å². The molecular formula is C20H27Na. The van der Waals surface area contributed by atoms with Gasteiger partial charge in [0.2, 0.25) is 0 Å². The Morgan fingerprint density at radius 2 is 1.33 bits per heavy atom. The van der Waals surface area contributed by atoms with Crippen molar-refractivity contribution in [1.29, 1.82) is 0 Å². The first-order valence-electron chi connectivity index (χ1n) is 8.05. The molecule has 0 spiro atoms. The van der Waals surface area contributed by atoms with Crippen LogP contribution in [0.3, 0.4) is 0 Å². The Labute approximate surface area is 153 Å². The summed E-state index contributed by atoms with van der Waals surface area (Å²) in [7, 11) is 0. The quantitative estimate of drug-likeness (QED) is 0.516. The number of aryl methyl sites for hydroxylation is 1. The molecule has 0 radical (unpaired) electrons. The van der Waals surface area contributed by atoms with Crippen molar-refractivity contribution < 1.29 is 31.0 Å². The largest absolute Gasteiger partial charge is 1.00 e. The molecule has 0 nitrogen and oxygen atoms in total. The molecule has 0 atom stereocenters. The zero-order valence-electron chi connectivity index (χ0n) is 14.6. The zero-order valence-corrected chi connectivity index (χ0v) is 15.6. The number of benzene rings is 2. The van der Waals surface area contributed by atoms with E-state index in [2.05, 4.69) is 61.5 Å². The predicted octanol–water partition coefficient (Wildman–Crippen LogP) is 3.37. The molecule has 0 bridgehead atoms. The van der Waals surface area contributed by atoms with Gasteiger partial charge in [-0.3, -0.25) is 0 Å². The Kier molecular flexibility index (Phi) is 9.74. The SMILES string of the molecule is CCCCCCCCc1ccccc1-c1ccccc1.[H-].[Na+]. The van der Waals surface area contributed by atoms with Gasteiger partial charge in [0, 0.05) is 0 Å². The third kappa shape index (κ3) is 6.38. The number of rotatable bonds is 8. The van der Waals surface area contributed by atoms with Gasteiger partial charge in [0.1, 0.15) is 0 Å². The molecule has 0 N–H and O–H groups in total. The minimum Gasteiger partial charge on any atom is -1.00 e. The molecule has 0 aliphatic carbocycles. The van der Waals surface area contributed by atoms with E-state index in [-0.39, 0.29) is 31.0 Å². The molecule has 0 fully saturated rings. The maximum atomic E-state index is 2.29. The van der Waals surface area contributed by atoms with E-state index >= 15 is 0 Å². The van der Waals surface area contributed by atoms with Crippen molar-refractivity contribution in [3.05, 3.63) is 60.2 Å². The van der Waals surface area contributed by atoms with Gasteiger partial charge in [-0.1, -0.05) is 93.6 Å². The molecule has 108 valence electrons. The van der Waals surface area contributed by atoms with Gasteiger partial charge in [-0.15, -0.1) is 0 Å². The average Bonchev–Trinajstić information content (AvgIpc) is 2.52. The monoisotopic (exact) mass is 290 g/mol. The normalized spacial score (nSPS) is 10.1. The van der Waals surface area contributed by atoms with E-state index in [1.807, 2.05) is 0 Å². The maximum absolute atomic E-state index is 2.29. The average molecular weight is 290 g/mol. The topological polar surface area (TPSA) is 0 Å². The Morgan fingerprint density at radius 1 is 0.714 bits per heavy atom.